The zero-order chi connectivity index (χ0) is 13.1. The number of nitrogens with two attached hydrogens (primary N) is 2. The number of carbonyl (C=O) groups is 1. The third-order valence-electron chi connectivity index (χ3n) is 2.41. The Kier molecular flexibility index (Phi) is 3.90. The van der Waals surface area contributed by atoms with E-state index in [1.807, 2.05) is 13.8 Å². The van der Waals surface area contributed by atoms with Crippen molar-refractivity contribution in [3.8, 4) is 0 Å². The second-order valence-corrected chi connectivity index (χ2v) is 4.32. The molecule has 1 aromatic heterocycles. The highest BCUT2D eigenvalue weighted by Crippen LogP contribution is 2.17. The van der Waals surface area contributed by atoms with Crippen molar-refractivity contribution >= 4 is 17.4 Å². The van der Waals surface area contributed by atoms with E-state index < -0.39 is 5.91 Å². The molecular weight excluding hydrogens is 220 g/mol. The van der Waals surface area contributed by atoms with Crippen LogP contribution in [0.3, 0.4) is 0 Å². The number of amides is 1. The van der Waals surface area contributed by atoms with E-state index in [0.29, 0.717) is 18.1 Å². The highest BCUT2D eigenvalue weighted by atomic mass is 16.5. The lowest BCUT2D eigenvalue weighted by Crippen LogP contribution is -2.32. The van der Waals surface area contributed by atoms with Crippen LogP contribution >= 0.6 is 0 Å². The van der Waals surface area contributed by atoms with Crippen LogP contribution in [-0.2, 0) is 4.74 Å². The van der Waals surface area contributed by atoms with Gasteiger partial charge in [0.25, 0.3) is 5.91 Å². The zero-order valence-electron chi connectivity index (χ0n) is 10.3. The predicted octanol–water partition coefficient (Wildman–Crippen LogP) is 0.600. The second kappa shape index (κ2) is 5.01. The summed E-state index contributed by atoms with van der Waals surface area (Å²) < 4.78 is 5.25. The van der Waals surface area contributed by atoms with E-state index in [0.717, 1.165) is 0 Å². The molecule has 1 heterocycles. The van der Waals surface area contributed by atoms with Crippen LogP contribution in [0.1, 0.15) is 24.3 Å². The number of aromatic nitrogens is 1. The highest BCUT2D eigenvalue weighted by molar-refractivity contribution is 5.91. The minimum absolute atomic E-state index is 0.178. The summed E-state index contributed by atoms with van der Waals surface area (Å²) in [6, 6.07) is 3.08. The Hall–Kier alpha value is -1.82. The van der Waals surface area contributed by atoms with Crippen molar-refractivity contribution in [2.45, 2.75) is 19.4 Å². The van der Waals surface area contributed by atoms with Crippen molar-refractivity contribution in [2.75, 3.05) is 24.7 Å². The summed E-state index contributed by atoms with van der Waals surface area (Å²) in [6.45, 7) is 4.37. The molecule has 17 heavy (non-hydrogen) atoms. The van der Waals surface area contributed by atoms with Gasteiger partial charge in [0.2, 0.25) is 0 Å². The molecule has 6 heteroatoms. The van der Waals surface area contributed by atoms with E-state index in [-0.39, 0.29) is 11.3 Å². The molecule has 0 aliphatic carbocycles. The molecule has 0 aromatic carbocycles. The summed E-state index contributed by atoms with van der Waals surface area (Å²) >= 11 is 0. The van der Waals surface area contributed by atoms with Gasteiger partial charge in [0.15, 0.2) is 0 Å². The van der Waals surface area contributed by atoms with Crippen molar-refractivity contribution in [1.29, 1.82) is 0 Å². The zero-order valence-corrected chi connectivity index (χ0v) is 10.3. The first-order valence-corrected chi connectivity index (χ1v) is 5.21. The Balaban J connectivity index is 2.83. The van der Waals surface area contributed by atoms with E-state index in [1.165, 1.54) is 6.07 Å². The molecule has 0 aliphatic rings. The number of ether oxygens (including phenoxy) is 1. The molecule has 0 bridgehead atoms. The van der Waals surface area contributed by atoms with Gasteiger partial charge >= 0.3 is 0 Å². The second-order valence-electron chi connectivity index (χ2n) is 4.32. The fourth-order valence-electron chi connectivity index (χ4n) is 1.12. The van der Waals surface area contributed by atoms with E-state index in [4.69, 9.17) is 16.2 Å². The Morgan fingerprint density at radius 2 is 2.18 bits per heavy atom. The summed E-state index contributed by atoms with van der Waals surface area (Å²) in [5.74, 6) is -0.148. The number of nitrogens with one attached hydrogen (secondary N) is 1. The Morgan fingerprint density at radius 1 is 1.53 bits per heavy atom. The number of hydrogen-bond acceptors (Lipinski definition) is 5. The fourth-order valence-corrected chi connectivity index (χ4v) is 1.12. The molecule has 1 aromatic rings. The van der Waals surface area contributed by atoms with Gasteiger partial charge in [-0.25, -0.2) is 4.98 Å². The number of hydrogen-bond donors (Lipinski definition) is 3. The summed E-state index contributed by atoms with van der Waals surface area (Å²) in [7, 11) is 1.62. The van der Waals surface area contributed by atoms with E-state index >= 15 is 0 Å². The maximum Gasteiger partial charge on any atom is 0.267 e. The van der Waals surface area contributed by atoms with Gasteiger partial charge < -0.3 is 21.5 Å². The lowest BCUT2D eigenvalue weighted by atomic mass is 10.1. The number of primary amides is 1. The first kappa shape index (κ1) is 13.2. The normalized spacial score (nSPS) is 11.2. The summed E-state index contributed by atoms with van der Waals surface area (Å²) in [6.07, 6.45) is 0. The maximum atomic E-state index is 11.0. The molecule has 0 unspecified atom stereocenters. The van der Waals surface area contributed by atoms with Crippen LogP contribution < -0.4 is 16.8 Å². The molecule has 1 amide bonds. The number of anilines is 2. The Labute approximate surface area is 100 Å². The molecule has 0 fully saturated rings. The van der Waals surface area contributed by atoms with Crippen LogP contribution in [0.15, 0.2) is 12.1 Å². The van der Waals surface area contributed by atoms with Crippen molar-refractivity contribution in [3.05, 3.63) is 17.8 Å². The average Bonchev–Trinajstić information content (AvgIpc) is 2.27. The highest BCUT2D eigenvalue weighted by Gasteiger charge is 2.17. The Morgan fingerprint density at radius 3 is 2.71 bits per heavy atom. The van der Waals surface area contributed by atoms with Gasteiger partial charge in [0, 0.05) is 13.7 Å². The molecule has 6 nitrogen and oxygen atoms in total. The minimum atomic E-state index is -0.584. The van der Waals surface area contributed by atoms with Gasteiger partial charge in [0.05, 0.1) is 11.3 Å². The molecule has 0 radical (unpaired) electrons. The maximum absolute atomic E-state index is 11.0. The molecule has 0 spiro atoms. The van der Waals surface area contributed by atoms with Gasteiger partial charge in [-0.3, -0.25) is 4.79 Å². The third kappa shape index (κ3) is 3.60. The molecule has 0 saturated heterocycles. The average molecular weight is 238 g/mol. The van der Waals surface area contributed by atoms with Crippen molar-refractivity contribution in [3.63, 3.8) is 0 Å². The lowest BCUT2D eigenvalue weighted by molar-refractivity contribution is 0.0343. The molecule has 0 aliphatic heterocycles. The summed E-state index contributed by atoms with van der Waals surface area (Å²) in [5, 5.41) is 3.03. The van der Waals surface area contributed by atoms with Crippen LogP contribution in [0, 0.1) is 0 Å². The summed E-state index contributed by atoms with van der Waals surface area (Å²) in [4.78, 5) is 15.0. The van der Waals surface area contributed by atoms with Crippen LogP contribution in [0.2, 0.25) is 0 Å². The van der Waals surface area contributed by atoms with E-state index in [2.05, 4.69) is 10.3 Å². The SMILES string of the molecule is COC(C)(C)CNc1nc(C(N)=O)ccc1N. The number of nitrogens with zero attached hydrogens (tertiary/aromatic N) is 1. The van der Waals surface area contributed by atoms with Crippen LogP contribution in [0.4, 0.5) is 11.5 Å². The molecular formula is C11H18N4O2. The van der Waals surface area contributed by atoms with Crippen LogP contribution in [0.25, 0.3) is 0 Å². The number of nitrogen functional groups attached to an aromatic ring is 1. The molecule has 5 N–H and O–H groups in total. The third-order valence-corrected chi connectivity index (χ3v) is 2.41. The molecule has 0 saturated carbocycles. The van der Waals surface area contributed by atoms with Gasteiger partial charge in [-0.2, -0.15) is 0 Å². The van der Waals surface area contributed by atoms with E-state index in [1.54, 1.807) is 13.2 Å². The van der Waals surface area contributed by atoms with Crippen LogP contribution in [0.5, 0.6) is 0 Å². The number of carbonyl (C=O) groups excluding carboxylic acids is 1. The first-order valence-electron chi connectivity index (χ1n) is 5.21. The molecule has 94 valence electrons. The fraction of sp³-hybridized carbons (Fsp3) is 0.455. The minimum Gasteiger partial charge on any atom is -0.396 e. The first-order chi connectivity index (χ1) is 7.85. The quantitative estimate of drug-likeness (QED) is 0.697. The number of pyridine rings is 1. The largest absolute Gasteiger partial charge is 0.396 e. The predicted molar refractivity (Wildman–Crippen MR) is 66.7 cm³/mol. The summed E-state index contributed by atoms with van der Waals surface area (Å²) in [5.41, 5.74) is 11.2. The molecule has 1 rings (SSSR count). The monoisotopic (exact) mass is 238 g/mol. The lowest BCUT2D eigenvalue weighted by Gasteiger charge is -2.23. The number of rotatable bonds is 5. The van der Waals surface area contributed by atoms with Gasteiger partial charge in [-0.05, 0) is 26.0 Å². The van der Waals surface area contributed by atoms with Crippen molar-refractivity contribution < 1.29 is 9.53 Å². The topological polar surface area (TPSA) is 103 Å². The molecule has 0 atom stereocenters. The number of methoxy groups -OCH3 is 1. The van der Waals surface area contributed by atoms with Gasteiger partial charge in [-0.1, -0.05) is 0 Å². The van der Waals surface area contributed by atoms with Crippen LogP contribution in [-0.4, -0.2) is 30.1 Å². The van der Waals surface area contributed by atoms with E-state index in [9.17, 15) is 4.79 Å². The van der Waals surface area contributed by atoms with Crippen molar-refractivity contribution in [2.24, 2.45) is 5.73 Å². The smallest absolute Gasteiger partial charge is 0.267 e. The van der Waals surface area contributed by atoms with Gasteiger partial charge in [-0.15, -0.1) is 0 Å². The standard InChI is InChI=1S/C11H18N4O2/c1-11(2,17-3)6-14-10-7(12)4-5-8(15-10)9(13)16/h4-5H,6,12H2,1-3H3,(H2,13,16)(H,14,15). The van der Waals surface area contributed by atoms with Crippen molar-refractivity contribution in [1.82, 2.24) is 4.98 Å². The Bertz CT molecular complexity index is 418. The van der Waals surface area contributed by atoms with Gasteiger partial charge in [0.1, 0.15) is 11.5 Å².